The van der Waals surface area contributed by atoms with Crippen molar-refractivity contribution >= 4 is 22.8 Å². The number of carbonyl (C=O) groups is 2. The Morgan fingerprint density at radius 1 is 1.07 bits per heavy atom. The minimum atomic E-state index is -0.485. The zero-order valence-corrected chi connectivity index (χ0v) is 16.7. The van der Waals surface area contributed by atoms with Crippen LogP contribution in [0.2, 0.25) is 0 Å². The summed E-state index contributed by atoms with van der Waals surface area (Å²) in [6.45, 7) is 3.12. The molecule has 6 heteroatoms. The zero-order chi connectivity index (χ0) is 20.8. The molecule has 2 aromatic carbocycles. The molecular weight excluding hydrogens is 380 g/mol. The van der Waals surface area contributed by atoms with E-state index in [0.29, 0.717) is 28.8 Å². The lowest BCUT2D eigenvalue weighted by Gasteiger charge is -2.41. The molecule has 2 aliphatic heterocycles. The fourth-order valence-corrected chi connectivity index (χ4v) is 4.58. The van der Waals surface area contributed by atoms with Crippen LogP contribution >= 0.6 is 0 Å². The second kappa shape index (κ2) is 7.13. The summed E-state index contributed by atoms with van der Waals surface area (Å²) in [7, 11) is 0. The second-order valence-electron chi connectivity index (χ2n) is 8.03. The molecule has 0 spiro atoms. The van der Waals surface area contributed by atoms with Crippen LogP contribution in [0.3, 0.4) is 0 Å². The van der Waals surface area contributed by atoms with Gasteiger partial charge in [0.05, 0.1) is 5.56 Å². The second-order valence-corrected chi connectivity index (χ2v) is 8.03. The van der Waals surface area contributed by atoms with Gasteiger partial charge in [0.25, 0.3) is 5.91 Å². The molecule has 2 aliphatic rings. The van der Waals surface area contributed by atoms with Crippen LogP contribution in [0.5, 0.6) is 0 Å². The highest BCUT2D eigenvalue weighted by Gasteiger charge is 2.42. The van der Waals surface area contributed by atoms with E-state index in [-0.39, 0.29) is 17.9 Å². The van der Waals surface area contributed by atoms with Gasteiger partial charge in [-0.15, -0.1) is 0 Å². The fraction of sp³-hybridized carbons (Fsp3) is 0.292. The van der Waals surface area contributed by atoms with Crippen LogP contribution in [-0.4, -0.2) is 46.8 Å². The summed E-state index contributed by atoms with van der Waals surface area (Å²) >= 11 is 0. The maximum atomic E-state index is 13.3. The molecule has 1 aromatic heterocycles. The molecule has 3 heterocycles. The zero-order valence-electron chi connectivity index (χ0n) is 16.7. The number of hydrogen-bond acceptors (Lipinski definition) is 4. The predicted octanol–water partition coefficient (Wildman–Crippen LogP) is 3.30. The highest BCUT2D eigenvalue weighted by Crippen LogP contribution is 2.28. The number of rotatable bonds is 2. The smallest absolute Gasteiger partial charge is 0.344 e. The quantitative estimate of drug-likeness (QED) is 0.617. The minimum absolute atomic E-state index is 0.0171. The van der Waals surface area contributed by atoms with E-state index >= 15 is 0 Å². The van der Waals surface area contributed by atoms with Gasteiger partial charge in [0, 0.05) is 30.1 Å². The fourth-order valence-electron chi connectivity index (χ4n) is 4.58. The molecule has 3 aromatic rings. The summed E-state index contributed by atoms with van der Waals surface area (Å²) < 4.78 is 5.44. The number of amides is 2. The monoisotopic (exact) mass is 402 g/mol. The van der Waals surface area contributed by atoms with Crippen LogP contribution in [0, 0.1) is 0 Å². The summed E-state index contributed by atoms with van der Waals surface area (Å²) in [6, 6.07) is 15.7. The van der Waals surface area contributed by atoms with Crippen molar-refractivity contribution in [1.29, 1.82) is 0 Å². The molecule has 0 N–H and O–H groups in total. The Bertz CT molecular complexity index is 1220. The number of fused-ring (bicyclic) bond motifs is 2. The number of carbonyl (C=O) groups excluding carboxylic acids is 2. The van der Waals surface area contributed by atoms with Gasteiger partial charge in [0.2, 0.25) is 5.91 Å². The SMILES string of the molecule is C[C@H]1C(=O)N2CCC[C@H]2CN1C(=O)c1cccc(-c2cc3ccccc3oc2=O)c1. The summed E-state index contributed by atoms with van der Waals surface area (Å²) in [5.41, 5.74) is 1.58. The third kappa shape index (κ3) is 3.00. The molecule has 0 bridgehead atoms. The molecular formula is C24H22N2O4. The number of para-hydroxylation sites is 1. The standard InChI is InChI=1S/C24H22N2O4/c1-15-22(27)25-11-5-9-19(25)14-26(15)23(28)18-8-4-7-16(12-18)20-13-17-6-2-3-10-21(17)30-24(20)29/h2-4,6-8,10,12-13,15,19H,5,9,11,14H2,1H3/t15-,19-/m0/s1. The van der Waals surface area contributed by atoms with Gasteiger partial charge in [-0.25, -0.2) is 4.79 Å². The maximum absolute atomic E-state index is 13.3. The number of hydrogen-bond donors (Lipinski definition) is 0. The van der Waals surface area contributed by atoms with Crippen molar-refractivity contribution in [2.45, 2.75) is 31.8 Å². The third-order valence-electron chi connectivity index (χ3n) is 6.22. The Labute approximate surface area is 173 Å². The van der Waals surface area contributed by atoms with Gasteiger partial charge in [-0.3, -0.25) is 9.59 Å². The van der Waals surface area contributed by atoms with Crippen LogP contribution < -0.4 is 5.63 Å². The topological polar surface area (TPSA) is 70.8 Å². The Hall–Kier alpha value is -3.41. The third-order valence-corrected chi connectivity index (χ3v) is 6.22. The first-order valence-corrected chi connectivity index (χ1v) is 10.3. The van der Waals surface area contributed by atoms with Gasteiger partial charge >= 0.3 is 5.63 Å². The van der Waals surface area contributed by atoms with Gasteiger partial charge < -0.3 is 14.2 Å². The molecule has 5 rings (SSSR count). The first-order valence-electron chi connectivity index (χ1n) is 10.3. The average Bonchev–Trinajstić information content (AvgIpc) is 3.24. The van der Waals surface area contributed by atoms with Crippen LogP contribution in [0.1, 0.15) is 30.1 Å². The van der Waals surface area contributed by atoms with Crippen molar-refractivity contribution < 1.29 is 14.0 Å². The summed E-state index contributed by atoms with van der Waals surface area (Å²) in [5.74, 6) is -0.169. The Balaban J connectivity index is 1.49. The van der Waals surface area contributed by atoms with Crippen LogP contribution in [0.25, 0.3) is 22.1 Å². The molecule has 0 aliphatic carbocycles. The van der Waals surface area contributed by atoms with E-state index in [1.807, 2.05) is 23.1 Å². The average molecular weight is 402 g/mol. The van der Waals surface area contributed by atoms with Gasteiger partial charge in [-0.1, -0.05) is 30.3 Å². The van der Waals surface area contributed by atoms with Crippen LogP contribution in [0.4, 0.5) is 0 Å². The Morgan fingerprint density at radius 3 is 2.77 bits per heavy atom. The lowest BCUT2D eigenvalue weighted by Crippen LogP contribution is -2.60. The highest BCUT2D eigenvalue weighted by molar-refractivity contribution is 5.99. The molecule has 0 radical (unpaired) electrons. The van der Waals surface area contributed by atoms with E-state index in [1.165, 1.54) is 0 Å². The van der Waals surface area contributed by atoms with Crippen molar-refractivity contribution in [2.75, 3.05) is 13.1 Å². The highest BCUT2D eigenvalue weighted by atomic mass is 16.4. The lowest BCUT2D eigenvalue weighted by atomic mass is 10.0. The summed E-state index contributed by atoms with van der Waals surface area (Å²) in [4.78, 5) is 42.1. The molecule has 2 saturated heterocycles. The maximum Gasteiger partial charge on any atom is 0.344 e. The predicted molar refractivity (Wildman–Crippen MR) is 113 cm³/mol. The van der Waals surface area contributed by atoms with Crippen LogP contribution in [-0.2, 0) is 4.79 Å². The molecule has 0 unspecified atom stereocenters. The van der Waals surface area contributed by atoms with Gasteiger partial charge in [-0.05, 0) is 49.6 Å². The van der Waals surface area contributed by atoms with Crippen LogP contribution in [0.15, 0.2) is 63.8 Å². The summed E-state index contributed by atoms with van der Waals surface area (Å²) in [5, 5.41) is 0.820. The first kappa shape index (κ1) is 18.6. The van der Waals surface area contributed by atoms with Gasteiger partial charge in [-0.2, -0.15) is 0 Å². The summed E-state index contributed by atoms with van der Waals surface area (Å²) in [6.07, 6.45) is 1.92. The molecule has 6 nitrogen and oxygen atoms in total. The molecule has 2 atom stereocenters. The van der Waals surface area contributed by atoms with E-state index in [2.05, 4.69) is 0 Å². The number of benzene rings is 2. The molecule has 152 valence electrons. The Kier molecular flexibility index (Phi) is 4.42. The molecule has 30 heavy (non-hydrogen) atoms. The van der Waals surface area contributed by atoms with E-state index in [4.69, 9.17) is 4.42 Å². The van der Waals surface area contributed by atoms with Crippen molar-refractivity contribution in [3.8, 4) is 11.1 Å². The number of nitrogens with zero attached hydrogens (tertiary/aromatic N) is 2. The largest absolute Gasteiger partial charge is 0.422 e. The van der Waals surface area contributed by atoms with Gasteiger partial charge in [0.15, 0.2) is 0 Å². The van der Waals surface area contributed by atoms with Crippen molar-refractivity contribution in [3.05, 3.63) is 70.6 Å². The van der Waals surface area contributed by atoms with Crippen molar-refractivity contribution in [1.82, 2.24) is 9.80 Å². The van der Waals surface area contributed by atoms with E-state index in [0.717, 1.165) is 24.8 Å². The van der Waals surface area contributed by atoms with Gasteiger partial charge in [0.1, 0.15) is 11.6 Å². The number of piperazine rings is 1. The Morgan fingerprint density at radius 2 is 1.90 bits per heavy atom. The first-order chi connectivity index (χ1) is 14.5. The van der Waals surface area contributed by atoms with Crippen molar-refractivity contribution in [2.24, 2.45) is 0 Å². The molecule has 0 saturated carbocycles. The minimum Gasteiger partial charge on any atom is -0.422 e. The van der Waals surface area contributed by atoms with E-state index in [9.17, 15) is 14.4 Å². The lowest BCUT2D eigenvalue weighted by molar-refractivity contribution is -0.141. The molecule has 2 fully saturated rings. The van der Waals surface area contributed by atoms with E-state index in [1.54, 1.807) is 48.2 Å². The normalized spacial score (nSPS) is 21.2. The van der Waals surface area contributed by atoms with Crippen molar-refractivity contribution in [3.63, 3.8) is 0 Å². The molecule has 2 amide bonds. The van der Waals surface area contributed by atoms with E-state index < -0.39 is 11.7 Å².